The molecular formula is C15H17N3O3. The third kappa shape index (κ3) is 1.68. The summed E-state index contributed by atoms with van der Waals surface area (Å²) >= 11 is 0. The molecule has 1 atom stereocenters. The summed E-state index contributed by atoms with van der Waals surface area (Å²) in [6.07, 6.45) is 1.12. The zero-order chi connectivity index (χ0) is 14.6. The summed E-state index contributed by atoms with van der Waals surface area (Å²) in [6.45, 7) is 1.46. The van der Waals surface area contributed by atoms with Gasteiger partial charge >= 0.3 is 0 Å². The molecule has 110 valence electrons. The van der Waals surface area contributed by atoms with E-state index >= 15 is 0 Å². The van der Waals surface area contributed by atoms with Gasteiger partial charge in [0.15, 0.2) is 0 Å². The van der Waals surface area contributed by atoms with Crippen molar-refractivity contribution in [1.29, 1.82) is 0 Å². The molecule has 1 unspecified atom stereocenters. The Kier molecular flexibility index (Phi) is 2.53. The summed E-state index contributed by atoms with van der Waals surface area (Å²) in [4.78, 5) is 26.2. The number of benzene rings is 1. The van der Waals surface area contributed by atoms with Crippen LogP contribution in [0.1, 0.15) is 28.8 Å². The maximum Gasteiger partial charge on any atom is 0.254 e. The standard InChI is InChI=1S/C15H17N3O3/c16-11-3-1-2-9-10(11)6-18(14(9)20)12-4-5-13(19)17-15(12)7-21-8-15/h1-3,12H,4-8,16H2,(H,17,19). The Hall–Kier alpha value is -2.08. The van der Waals surface area contributed by atoms with E-state index in [-0.39, 0.29) is 17.9 Å². The molecule has 0 saturated carbocycles. The molecule has 0 bridgehead atoms. The maximum absolute atomic E-state index is 12.7. The molecule has 1 aromatic rings. The number of anilines is 1. The first-order chi connectivity index (χ1) is 10.1. The van der Waals surface area contributed by atoms with E-state index < -0.39 is 5.54 Å². The van der Waals surface area contributed by atoms with Gasteiger partial charge in [0.05, 0.1) is 19.3 Å². The highest BCUT2D eigenvalue weighted by atomic mass is 16.5. The Morgan fingerprint density at radius 3 is 2.81 bits per heavy atom. The predicted octanol–water partition coefficient (Wildman–Crippen LogP) is 0.272. The molecule has 1 aromatic carbocycles. The van der Waals surface area contributed by atoms with E-state index in [1.54, 1.807) is 6.07 Å². The number of nitrogens with two attached hydrogens (primary N) is 1. The average molecular weight is 287 g/mol. The summed E-state index contributed by atoms with van der Waals surface area (Å²) in [6, 6.07) is 5.42. The molecule has 21 heavy (non-hydrogen) atoms. The van der Waals surface area contributed by atoms with Crippen LogP contribution in [0.2, 0.25) is 0 Å². The van der Waals surface area contributed by atoms with Gasteiger partial charge < -0.3 is 20.7 Å². The Balaban J connectivity index is 1.67. The second-order valence-electron chi connectivity index (χ2n) is 6.06. The minimum absolute atomic E-state index is 0.00437. The van der Waals surface area contributed by atoms with Gasteiger partial charge in [-0.3, -0.25) is 9.59 Å². The third-order valence-corrected chi connectivity index (χ3v) is 4.80. The molecule has 4 rings (SSSR count). The van der Waals surface area contributed by atoms with E-state index in [2.05, 4.69) is 5.32 Å². The largest absolute Gasteiger partial charge is 0.398 e. The molecule has 0 radical (unpaired) electrons. The molecule has 0 aromatic heterocycles. The number of hydrogen-bond acceptors (Lipinski definition) is 4. The number of carbonyl (C=O) groups excluding carboxylic acids is 2. The molecule has 6 nitrogen and oxygen atoms in total. The van der Waals surface area contributed by atoms with Crippen molar-refractivity contribution >= 4 is 17.5 Å². The van der Waals surface area contributed by atoms with Crippen molar-refractivity contribution in [2.75, 3.05) is 18.9 Å². The molecule has 3 N–H and O–H groups in total. The highest BCUT2D eigenvalue weighted by molar-refractivity contribution is 6.00. The second-order valence-corrected chi connectivity index (χ2v) is 6.06. The van der Waals surface area contributed by atoms with Gasteiger partial charge in [-0.1, -0.05) is 6.07 Å². The van der Waals surface area contributed by atoms with Gasteiger partial charge in [-0.25, -0.2) is 0 Å². The lowest BCUT2D eigenvalue weighted by Gasteiger charge is -2.52. The smallest absolute Gasteiger partial charge is 0.254 e. The Morgan fingerprint density at radius 2 is 2.14 bits per heavy atom. The first-order valence-electron chi connectivity index (χ1n) is 7.18. The topological polar surface area (TPSA) is 84.7 Å². The summed E-state index contributed by atoms with van der Waals surface area (Å²) < 4.78 is 5.31. The highest BCUT2D eigenvalue weighted by Crippen LogP contribution is 2.37. The Labute approximate surface area is 122 Å². The van der Waals surface area contributed by atoms with Crippen LogP contribution < -0.4 is 11.1 Å². The van der Waals surface area contributed by atoms with Crippen molar-refractivity contribution in [3.8, 4) is 0 Å². The number of hydrogen-bond donors (Lipinski definition) is 2. The molecule has 6 heteroatoms. The number of nitrogen functional groups attached to an aromatic ring is 1. The van der Waals surface area contributed by atoms with Gasteiger partial charge in [0.1, 0.15) is 5.54 Å². The zero-order valence-electron chi connectivity index (χ0n) is 11.6. The third-order valence-electron chi connectivity index (χ3n) is 4.80. The Morgan fingerprint density at radius 1 is 1.33 bits per heavy atom. The van der Waals surface area contributed by atoms with Gasteiger partial charge in [0.25, 0.3) is 5.91 Å². The van der Waals surface area contributed by atoms with E-state index in [9.17, 15) is 9.59 Å². The van der Waals surface area contributed by atoms with Crippen LogP contribution in [0.3, 0.4) is 0 Å². The van der Waals surface area contributed by atoms with Gasteiger partial charge in [-0.05, 0) is 18.6 Å². The van der Waals surface area contributed by atoms with E-state index in [1.807, 2.05) is 17.0 Å². The molecule has 2 saturated heterocycles. The molecule has 3 aliphatic rings. The zero-order valence-corrected chi connectivity index (χ0v) is 11.6. The van der Waals surface area contributed by atoms with E-state index in [1.165, 1.54) is 0 Å². The molecule has 0 aliphatic carbocycles. The molecule has 3 aliphatic heterocycles. The number of ether oxygens (including phenoxy) is 1. The van der Waals surface area contributed by atoms with Gasteiger partial charge in [-0.2, -0.15) is 0 Å². The number of nitrogens with zero attached hydrogens (tertiary/aromatic N) is 1. The fourth-order valence-electron chi connectivity index (χ4n) is 3.64. The number of amides is 2. The van der Waals surface area contributed by atoms with Gasteiger partial charge in [-0.15, -0.1) is 0 Å². The monoisotopic (exact) mass is 287 g/mol. The second kappa shape index (κ2) is 4.21. The number of nitrogens with one attached hydrogen (secondary N) is 1. The normalized spacial score (nSPS) is 26.5. The van der Waals surface area contributed by atoms with Crippen molar-refractivity contribution < 1.29 is 14.3 Å². The molecule has 2 amide bonds. The van der Waals surface area contributed by atoms with Crippen LogP contribution in [0.15, 0.2) is 18.2 Å². The van der Waals surface area contributed by atoms with Crippen LogP contribution >= 0.6 is 0 Å². The van der Waals surface area contributed by atoms with Crippen LogP contribution in [0, 0.1) is 0 Å². The lowest BCUT2D eigenvalue weighted by Crippen LogP contribution is -2.74. The van der Waals surface area contributed by atoms with Crippen LogP contribution in [0.4, 0.5) is 5.69 Å². The first-order valence-corrected chi connectivity index (χ1v) is 7.18. The van der Waals surface area contributed by atoms with Crippen molar-refractivity contribution in [2.24, 2.45) is 0 Å². The number of fused-ring (bicyclic) bond motifs is 1. The van der Waals surface area contributed by atoms with Crippen LogP contribution in [-0.2, 0) is 16.1 Å². The SMILES string of the molecule is Nc1cccc2c1CN(C1CCC(=O)NC13COC3)C2=O. The minimum atomic E-state index is -0.415. The predicted molar refractivity (Wildman–Crippen MR) is 75.4 cm³/mol. The average Bonchev–Trinajstić information content (AvgIpc) is 2.76. The van der Waals surface area contributed by atoms with Crippen LogP contribution in [0.5, 0.6) is 0 Å². The number of rotatable bonds is 1. The summed E-state index contributed by atoms with van der Waals surface area (Å²) in [5.74, 6) is 0.0444. The van der Waals surface area contributed by atoms with Crippen molar-refractivity contribution in [3.63, 3.8) is 0 Å². The summed E-state index contributed by atoms with van der Waals surface area (Å²) in [5, 5.41) is 3.03. The fourth-order valence-corrected chi connectivity index (χ4v) is 3.64. The fraction of sp³-hybridized carbons (Fsp3) is 0.467. The van der Waals surface area contributed by atoms with Gasteiger partial charge in [0.2, 0.25) is 5.91 Å². The highest BCUT2D eigenvalue weighted by Gasteiger charge is 2.53. The van der Waals surface area contributed by atoms with Gasteiger partial charge in [0, 0.05) is 29.8 Å². The van der Waals surface area contributed by atoms with Crippen molar-refractivity contribution in [2.45, 2.75) is 31.0 Å². The van der Waals surface area contributed by atoms with E-state index in [4.69, 9.17) is 10.5 Å². The lowest BCUT2D eigenvalue weighted by molar-refractivity contribution is -0.150. The lowest BCUT2D eigenvalue weighted by atomic mass is 9.80. The number of carbonyl (C=O) groups is 2. The number of piperidine rings is 1. The summed E-state index contributed by atoms with van der Waals surface area (Å²) in [5.41, 5.74) is 7.81. The van der Waals surface area contributed by atoms with E-state index in [0.717, 1.165) is 5.56 Å². The van der Waals surface area contributed by atoms with Crippen molar-refractivity contribution in [1.82, 2.24) is 10.2 Å². The molecule has 2 fully saturated rings. The molecule has 1 spiro atoms. The van der Waals surface area contributed by atoms with Crippen LogP contribution in [-0.4, -0.2) is 41.5 Å². The summed E-state index contributed by atoms with van der Waals surface area (Å²) in [7, 11) is 0. The quantitative estimate of drug-likeness (QED) is 0.726. The minimum Gasteiger partial charge on any atom is -0.398 e. The van der Waals surface area contributed by atoms with Crippen molar-refractivity contribution in [3.05, 3.63) is 29.3 Å². The maximum atomic E-state index is 12.7. The van der Waals surface area contributed by atoms with Crippen LogP contribution in [0.25, 0.3) is 0 Å². The molecule has 3 heterocycles. The molecular weight excluding hydrogens is 270 g/mol. The van der Waals surface area contributed by atoms with E-state index in [0.29, 0.717) is 43.9 Å². The first kappa shape index (κ1) is 12.6. The Bertz CT molecular complexity index is 639.